The minimum absolute atomic E-state index is 0.0641. The molecule has 0 radical (unpaired) electrons. The van der Waals surface area contributed by atoms with Gasteiger partial charge in [-0.2, -0.15) is 0 Å². The van der Waals surface area contributed by atoms with Crippen molar-refractivity contribution in [3.63, 3.8) is 0 Å². The van der Waals surface area contributed by atoms with Crippen molar-refractivity contribution in [3.05, 3.63) is 77.7 Å². The van der Waals surface area contributed by atoms with Crippen LogP contribution in [0.3, 0.4) is 0 Å². The molecule has 0 unspecified atom stereocenters. The Bertz CT molecular complexity index is 911. The number of carbonyl (C=O) groups is 1. The highest BCUT2D eigenvalue weighted by atomic mass is 16.5. The normalized spacial score (nSPS) is 10.9. The topological polar surface area (TPSA) is 61.6 Å². The van der Waals surface area contributed by atoms with Crippen molar-refractivity contribution in [1.82, 2.24) is 4.98 Å². The molecule has 2 aromatic carbocycles. The zero-order valence-electron chi connectivity index (χ0n) is 15.3. The van der Waals surface area contributed by atoms with Crippen LogP contribution < -0.4 is 4.74 Å². The van der Waals surface area contributed by atoms with E-state index < -0.39 is 5.97 Å². The van der Waals surface area contributed by atoms with E-state index in [1.807, 2.05) is 61.5 Å². The summed E-state index contributed by atoms with van der Waals surface area (Å²) in [5, 5.41) is 0. The van der Waals surface area contributed by atoms with Crippen molar-refractivity contribution < 1.29 is 18.7 Å². The Morgan fingerprint density at radius 3 is 2.56 bits per heavy atom. The van der Waals surface area contributed by atoms with E-state index in [1.165, 1.54) is 6.08 Å². The first-order valence-electron chi connectivity index (χ1n) is 8.75. The summed E-state index contributed by atoms with van der Waals surface area (Å²) in [6, 6.07) is 17.1. The van der Waals surface area contributed by atoms with E-state index in [-0.39, 0.29) is 6.61 Å². The lowest BCUT2D eigenvalue weighted by molar-refractivity contribution is -0.139. The van der Waals surface area contributed by atoms with E-state index in [0.29, 0.717) is 24.0 Å². The summed E-state index contributed by atoms with van der Waals surface area (Å²) in [5.41, 5.74) is 2.38. The van der Waals surface area contributed by atoms with Gasteiger partial charge in [0.2, 0.25) is 5.89 Å². The van der Waals surface area contributed by atoms with Gasteiger partial charge in [-0.05, 0) is 49.8 Å². The maximum absolute atomic E-state index is 12.0. The second-order valence-electron chi connectivity index (χ2n) is 5.83. The summed E-state index contributed by atoms with van der Waals surface area (Å²) in [4.78, 5) is 16.4. The quantitative estimate of drug-likeness (QED) is 0.445. The zero-order chi connectivity index (χ0) is 19.1. The van der Waals surface area contributed by atoms with Gasteiger partial charge in [-0.3, -0.25) is 0 Å². The van der Waals surface area contributed by atoms with E-state index >= 15 is 0 Å². The van der Waals surface area contributed by atoms with Crippen molar-refractivity contribution >= 4 is 12.0 Å². The second-order valence-corrected chi connectivity index (χ2v) is 5.83. The molecule has 5 heteroatoms. The van der Waals surface area contributed by atoms with Crippen LogP contribution in [0.25, 0.3) is 17.5 Å². The number of benzene rings is 2. The lowest BCUT2D eigenvalue weighted by Crippen LogP contribution is -2.02. The Balaban J connectivity index is 1.57. The highest BCUT2D eigenvalue weighted by Gasteiger charge is 2.12. The number of rotatable bonds is 7. The Morgan fingerprint density at radius 2 is 1.85 bits per heavy atom. The number of ether oxygens (including phenoxy) is 2. The summed E-state index contributed by atoms with van der Waals surface area (Å²) in [6.45, 7) is 4.42. The molecule has 0 aliphatic heterocycles. The maximum atomic E-state index is 12.0. The van der Waals surface area contributed by atoms with Crippen molar-refractivity contribution in [2.75, 3.05) is 6.61 Å². The fourth-order valence-corrected chi connectivity index (χ4v) is 2.46. The van der Waals surface area contributed by atoms with Crippen molar-refractivity contribution in [2.24, 2.45) is 0 Å². The molecule has 1 heterocycles. The highest BCUT2D eigenvalue weighted by molar-refractivity contribution is 5.87. The minimum Gasteiger partial charge on any atom is -0.494 e. The fraction of sp³-hybridized carbons (Fsp3) is 0.182. The number of hydrogen-bond acceptors (Lipinski definition) is 5. The van der Waals surface area contributed by atoms with Gasteiger partial charge in [0, 0.05) is 11.6 Å². The lowest BCUT2D eigenvalue weighted by Gasteiger charge is -2.02. The van der Waals surface area contributed by atoms with Gasteiger partial charge in [0.1, 0.15) is 23.8 Å². The summed E-state index contributed by atoms with van der Waals surface area (Å²) in [7, 11) is 0. The lowest BCUT2D eigenvalue weighted by atomic mass is 10.2. The largest absolute Gasteiger partial charge is 0.494 e. The van der Waals surface area contributed by atoms with Gasteiger partial charge in [-0.15, -0.1) is 0 Å². The first-order chi connectivity index (χ1) is 13.2. The molecule has 0 atom stereocenters. The van der Waals surface area contributed by atoms with Crippen LogP contribution in [0.4, 0.5) is 0 Å². The third-order valence-electron chi connectivity index (χ3n) is 3.87. The third kappa shape index (κ3) is 5.07. The second kappa shape index (κ2) is 8.85. The summed E-state index contributed by atoms with van der Waals surface area (Å²) in [5.74, 6) is 1.52. The average molecular weight is 363 g/mol. The molecule has 0 bridgehead atoms. The molecule has 5 nitrogen and oxygen atoms in total. The molecular weight excluding hydrogens is 342 g/mol. The number of aromatic nitrogens is 1. The van der Waals surface area contributed by atoms with Crippen LogP contribution in [0.15, 0.2) is 65.1 Å². The third-order valence-corrected chi connectivity index (χ3v) is 3.87. The van der Waals surface area contributed by atoms with E-state index in [1.54, 1.807) is 13.0 Å². The summed E-state index contributed by atoms with van der Waals surface area (Å²) < 4.78 is 16.3. The first kappa shape index (κ1) is 18.5. The van der Waals surface area contributed by atoms with Gasteiger partial charge >= 0.3 is 5.97 Å². The predicted octanol–water partition coefficient (Wildman–Crippen LogP) is 4.81. The van der Waals surface area contributed by atoms with E-state index in [0.717, 1.165) is 16.9 Å². The number of nitrogens with zero attached hydrogens (tertiary/aromatic N) is 1. The summed E-state index contributed by atoms with van der Waals surface area (Å²) >= 11 is 0. The molecule has 3 rings (SSSR count). The Kier molecular flexibility index (Phi) is 6.05. The van der Waals surface area contributed by atoms with Gasteiger partial charge in [0.25, 0.3) is 0 Å². The molecule has 138 valence electrons. The van der Waals surface area contributed by atoms with Crippen LogP contribution in [0.2, 0.25) is 0 Å². The van der Waals surface area contributed by atoms with Crippen molar-refractivity contribution in [2.45, 2.75) is 20.5 Å². The van der Waals surface area contributed by atoms with Gasteiger partial charge in [-0.1, -0.05) is 30.3 Å². The Morgan fingerprint density at radius 1 is 1.11 bits per heavy atom. The van der Waals surface area contributed by atoms with Crippen LogP contribution in [0, 0.1) is 6.92 Å². The fourth-order valence-electron chi connectivity index (χ4n) is 2.46. The molecule has 27 heavy (non-hydrogen) atoms. The number of oxazole rings is 1. The van der Waals surface area contributed by atoms with Crippen LogP contribution in [0.5, 0.6) is 5.75 Å². The minimum atomic E-state index is -0.437. The van der Waals surface area contributed by atoms with Crippen LogP contribution in [-0.4, -0.2) is 17.6 Å². The molecule has 0 aliphatic carbocycles. The Labute approximate surface area is 158 Å². The SMILES string of the molecule is CCOc1ccc(/C=C/C(=O)OCc2nc(-c3ccccc3)oc2C)cc1. The molecule has 0 spiro atoms. The molecule has 0 saturated carbocycles. The number of carbonyl (C=O) groups excluding carboxylic acids is 1. The smallest absolute Gasteiger partial charge is 0.331 e. The first-order valence-corrected chi connectivity index (χ1v) is 8.75. The number of aryl methyl sites for hydroxylation is 1. The van der Waals surface area contributed by atoms with E-state index in [9.17, 15) is 4.79 Å². The monoisotopic (exact) mass is 363 g/mol. The number of esters is 1. The zero-order valence-corrected chi connectivity index (χ0v) is 15.3. The maximum Gasteiger partial charge on any atom is 0.331 e. The average Bonchev–Trinajstić information content (AvgIpc) is 3.07. The van der Waals surface area contributed by atoms with Gasteiger partial charge in [-0.25, -0.2) is 9.78 Å². The van der Waals surface area contributed by atoms with Crippen LogP contribution >= 0.6 is 0 Å². The molecular formula is C22H21NO4. The molecule has 0 N–H and O–H groups in total. The molecule has 0 fully saturated rings. The standard InChI is InChI=1S/C22H21NO4/c1-3-25-19-12-9-17(10-13-19)11-14-21(24)26-15-20-16(2)27-22(23-20)18-7-5-4-6-8-18/h4-14H,3,15H2,1-2H3/b14-11+. The van der Waals surface area contributed by atoms with E-state index in [2.05, 4.69) is 4.98 Å². The Hall–Kier alpha value is -3.34. The van der Waals surface area contributed by atoms with Crippen molar-refractivity contribution in [1.29, 1.82) is 0 Å². The molecule has 1 aromatic heterocycles. The van der Waals surface area contributed by atoms with Gasteiger partial charge in [0.15, 0.2) is 0 Å². The van der Waals surface area contributed by atoms with Crippen LogP contribution in [0.1, 0.15) is 23.9 Å². The number of hydrogen-bond donors (Lipinski definition) is 0. The van der Waals surface area contributed by atoms with Gasteiger partial charge < -0.3 is 13.9 Å². The molecule has 0 aliphatic rings. The van der Waals surface area contributed by atoms with Crippen molar-refractivity contribution in [3.8, 4) is 17.2 Å². The highest BCUT2D eigenvalue weighted by Crippen LogP contribution is 2.21. The van der Waals surface area contributed by atoms with E-state index in [4.69, 9.17) is 13.9 Å². The molecule has 0 saturated heterocycles. The molecule has 3 aromatic rings. The molecule has 0 amide bonds. The van der Waals surface area contributed by atoms with Gasteiger partial charge in [0.05, 0.1) is 6.61 Å². The van der Waals surface area contributed by atoms with Crippen LogP contribution in [-0.2, 0) is 16.1 Å². The predicted molar refractivity (Wildman–Crippen MR) is 103 cm³/mol. The summed E-state index contributed by atoms with van der Waals surface area (Å²) in [6.07, 6.45) is 3.09.